The number of hydrazine groups is 1. The zero-order valence-corrected chi connectivity index (χ0v) is 12.0. The largest absolute Gasteiger partial charge is 0.381 e. The lowest BCUT2D eigenvalue weighted by molar-refractivity contribution is -0.114. The van der Waals surface area contributed by atoms with Crippen molar-refractivity contribution in [2.45, 2.75) is 19.3 Å². The van der Waals surface area contributed by atoms with E-state index in [1.165, 1.54) is 0 Å². The molecule has 0 aromatic heterocycles. The van der Waals surface area contributed by atoms with E-state index in [9.17, 15) is 4.79 Å². The number of fused-ring (bicyclic) bond motifs is 1. The fourth-order valence-electron chi connectivity index (χ4n) is 2.83. The van der Waals surface area contributed by atoms with Gasteiger partial charge in [0.05, 0.1) is 5.69 Å². The maximum Gasteiger partial charge on any atom is 0.246 e. The summed E-state index contributed by atoms with van der Waals surface area (Å²) in [5.41, 5.74) is 11.7. The average Bonchev–Trinajstić information content (AvgIpc) is 2.53. The van der Waals surface area contributed by atoms with Gasteiger partial charge < -0.3 is 10.5 Å². The van der Waals surface area contributed by atoms with E-state index in [2.05, 4.69) is 11.5 Å². The third-order valence-corrected chi connectivity index (χ3v) is 4.12. The molecule has 3 rings (SSSR count). The maximum atomic E-state index is 11.5. The molecular formula is C16H21N3O2. The number of benzene rings is 1. The van der Waals surface area contributed by atoms with E-state index in [1.54, 1.807) is 0 Å². The molecule has 5 heteroatoms. The molecule has 2 aliphatic heterocycles. The highest BCUT2D eigenvalue weighted by molar-refractivity contribution is 5.94. The van der Waals surface area contributed by atoms with Crippen LogP contribution in [0.1, 0.15) is 18.4 Å². The predicted octanol–water partition coefficient (Wildman–Crippen LogP) is 1.35. The Labute approximate surface area is 124 Å². The molecule has 0 saturated carbocycles. The van der Waals surface area contributed by atoms with Gasteiger partial charge in [-0.15, -0.1) is 0 Å². The van der Waals surface area contributed by atoms with Crippen molar-refractivity contribution in [1.29, 1.82) is 0 Å². The third kappa shape index (κ3) is 3.25. The number of anilines is 1. The van der Waals surface area contributed by atoms with Gasteiger partial charge in [-0.05, 0) is 30.4 Å². The summed E-state index contributed by atoms with van der Waals surface area (Å²) in [7, 11) is 0. The monoisotopic (exact) mass is 287 g/mol. The summed E-state index contributed by atoms with van der Waals surface area (Å²) in [5, 5.41) is 1.94. The lowest BCUT2D eigenvalue weighted by atomic mass is 9.99. The predicted molar refractivity (Wildman–Crippen MR) is 81.4 cm³/mol. The lowest BCUT2D eigenvalue weighted by Gasteiger charge is -2.31. The van der Waals surface area contributed by atoms with Crippen molar-refractivity contribution in [3.63, 3.8) is 0 Å². The minimum absolute atomic E-state index is 0.359. The Morgan fingerprint density at radius 2 is 2.10 bits per heavy atom. The zero-order chi connectivity index (χ0) is 14.7. The molecule has 1 amide bonds. The van der Waals surface area contributed by atoms with Gasteiger partial charge in [0.25, 0.3) is 0 Å². The second-order valence-electron chi connectivity index (χ2n) is 5.61. The Morgan fingerprint density at radius 1 is 1.33 bits per heavy atom. The van der Waals surface area contributed by atoms with Gasteiger partial charge in [-0.25, -0.2) is 5.43 Å². The summed E-state index contributed by atoms with van der Waals surface area (Å²) in [6.45, 7) is 2.55. The Kier molecular flexibility index (Phi) is 4.22. The van der Waals surface area contributed by atoms with Crippen LogP contribution in [0.2, 0.25) is 0 Å². The van der Waals surface area contributed by atoms with Crippen LogP contribution in [-0.4, -0.2) is 25.7 Å². The van der Waals surface area contributed by atoms with Gasteiger partial charge >= 0.3 is 0 Å². The number of hydrogen-bond donors (Lipinski definition) is 2. The van der Waals surface area contributed by atoms with Crippen molar-refractivity contribution in [2.75, 3.05) is 24.8 Å². The van der Waals surface area contributed by atoms with E-state index in [1.807, 2.05) is 29.4 Å². The van der Waals surface area contributed by atoms with Crippen LogP contribution in [0.4, 0.5) is 5.69 Å². The van der Waals surface area contributed by atoms with Gasteiger partial charge in [0.1, 0.15) is 0 Å². The molecule has 0 spiro atoms. The molecule has 1 fully saturated rings. The van der Waals surface area contributed by atoms with Gasteiger partial charge in [0.2, 0.25) is 5.91 Å². The number of nitrogens with zero attached hydrogens (tertiary/aromatic N) is 1. The fraction of sp³-hybridized carbons (Fsp3) is 0.438. The summed E-state index contributed by atoms with van der Waals surface area (Å²) >= 11 is 0. The second-order valence-corrected chi connectivity index (χ2v) is 5.61. The van der Waals surface area contributed by atoms with Crippen LogP contribution in [0.5, 0.6) is 0 Å². The number of hydrogen-bond acceptors (Lipinski definition) is 4. The minimum Gasteiger partial charge on any atom is -0.381 e. The van der Waals surface area contributed by atoms with Gasteiger partial charge in [-0.3, -0.25) is 9.80 Å². The first-order valence-corrected chi connectivity index (χ1v) is 7.43. The first-order chi connectivity index (χ1) is 10.2. The van der Waals surface area contributed by atoms with E-state index < -0.39 is 0 Å². The number of carbonyl (C=O) groups is 1. The van der Waals surface area contributed by atoms with Crippen LogP contribution in [0.15, 0.2) is 36.0 Å². The van der Waals surface area contributed by atoms with Gasteiger partial charge in [0.15, 0.2) is 0 Å². The Bertz CT molecular complexity index is 550. The lowest BCUT2D eigenvalue weighted by Crippen LogP contribution is -2.41. The van der Waals surface area contributed by atoms with E-state index >= 15 is 0 Å². The molecule has 112 valence electrons. The molecule has 0 bridgehead atoms. The second kappa shape index (κ2) is 6.28. The number of para-hydroxylation sites is 1. The fourth-order valence-corrected chi connectivity index (χ4v) is 2.83. The van der Waals surface area contributed by atoms with E-state index in [4.69, 9.17) is 10.5 Å². The summed E-state index contributed by atoms with van der Waals surface area (Å²) in [6, 6.07) is 8.08. The molecule has 3 N–H and O–H groups in total. The zero-order valence-electron chi connectivity index (χ0n) is 12.0. The SMILES string of the molecule is NC(=O)C1=CN(NCC2CCOCC2)c2ccccc2C1. The van der Waals surface area contributed by atoms with Crippen LogP contribution < -0.4 is 16.2 Å². The molecular weight excluding hydrogens is 266 g/mol. The van der Waals surface area contributed by atoms with Crippen molar-refractivity contribution in [3.8, 4) is 0 Å². The van der Waals surface area contributed by atoms with E-state index in [0.29, 0.717) is 17.9 Å². The number of primary amides is 1. The molecule has 5 nitrogen and oxygen atoms in total. The van der Waals surface area contributed by atoms with Crippen LogP contribution in [-0.2, 0) is 16.0 Å². The van der Waals surface area contributed by atoms with Crippen LogP contribution in [0.25, 0.3) is 0 Å². The van der Waals surface area contributed by atoms with Crippen molar-refractivity contribution < 1.29 is 9.53 Å². The number of amides is 1. The molecule has 0 unspecified atom stereocenters. The summed E-state index contributed by atoms with van der Waals surface area (Å²) < 4.78 is 5.38. The molecule has 0 atom stereocenters. The third-order valence-electron chi connectivity index (χ3n) is 4.12. The molecule has 1 aromatic carbocycles. The normalized spacial score (nSPS) is 19.0. The molecule has 2 aliphatic rings. The summed E-state index contributed by atoms with van der Waals surface area (Å²) in [4.78, 5) is 11.5. The number of rotatable bonds is 4. The van der Waals surface area contributed by atoms with Gasteiger partial charge in [-0.2, -0.15) is 0 Å². The maximum absolute atomic E-state index is 11.5. The number of nitrogens with one attached hydrogen (secondary N) is 1. The minimum atomic E-state index is -0.359. The molecule has 0 aliphatic carbocycles. The quantitative estimate of drug-likeness (QED) is 0.877. The molecule has 2 heterocycles. The summed E-state index contributed by atoms with van der Waals surface area (Å²) in [5.74, 6) is 0.251. The number of ether oxygens (including phenoxy) is 1. The molecule has 0 radical (unpaired) electrons. The topological polar surface area (TPSA) is 67.6 Å². The van der Waals surface area contributed by atoms with Crippen LogP contribution >= 0.6 is 0 Å². The van der Waals surface area contributed by atoms with Crippen molar-refractivity contribution in [3.05, 3.63) is 41.6 Å². The number of carbonyl (C=O) groups excluding carboxylic acids is 1. The highest BCUT2D eigenvalue weighted by atomic mass is 16.5. The highest BCUT2D eigenvalue weighted by Crippen LogP contribution is 2.27. The van der Waals surface area contributed by atoms with E-state index in [0.717, 1.165) is 43.9 Å². The van der Waals surface area contributed by atoms with Crippen molar-refractivity contribution >= 4 is 11.6 Å². The first-order valence-electron chi connectivity index (χ1n) is 7.43. The Balaban J connectivity index is 1.73. The smallest absolute Gasteiger partial charge is 0.246 e. The Morgan fingerprint density at radius 3 is 2.86 bits per heavy atom. The molecule has 1 aromatic rings. The van der Waals surface area contributed by atoms with Crippen molar-refractivity contribution in [1.82, 2.24) is 5.43 Å². The summed E-state index contributed by atoms with van der Waals surface area (Å²) in [6.07, 6.45) is 4.58. The first kappa shape index (κ1) is 14.1. The molecule has 21 heavy (non-hydrogen) atoms. The van der Waals surface area contributed by atoms with Gasteiger partial charge in [-0.1, -0.05) is 18.2 Å². The van der Waals surface area contributed by atoms with Crippen LogP contribution in [0.3, 0.4) is 0 Å². The van der Waals surface area contributed by atoms with Gasteiger partial charge in [0, 0.05) is 38.0 Å². The molecule has 1 saturated heterocycles. The highest BCUT2D eigenvalue weighted by Gasteiger charge is 2.21. The Hall–Kier alpha value is -1.85. The number of nitrogens with two attached hydrogens (primary N) is 1. The van der Waals surface area contributed by atoms with Crippen LogP contribution in [0, 0.1) is 5.92 Å². The van der Waals surface area contributed by atoms with E-state index in [-0.39, 0.29) is 5.91 Å². The van der Waals surface area contributed by atoms with Crippen molar-refractivity contribution in [2.24, 2.45) is 11.7 Å². The average molecular weight is 287 g/mol. The standard InChI is InChI=1S/C16H21N3O2/c17-16(20)14-9-13-3-1-2-4-15(13)19(11-14)18-10-12-5-7-21-8-6-12/h1-4,11-12,18H,5-10H2,(H2,17,20).